The van der Waals surface area contributed by atoms with E-state index in [4.69, 9.17) is 36.1 Å². The summed E-state index contributed by atoms with van der Waals surface area (Å²) in [5.74, 6) is -1.21. The van der Waals surface area contributed by atoms with E-state index in [0.717, 1.165) is 0 Å². The van der Waals surface area contributed by atoms with E-state index in [-0.39, 0.29) is 41.0 Å². The summed E-state index contributed by atoms with van der Waals surface area (Å²) in [6, 6.07) is 1.48. The number of esters is 1. The molecular formula is C13H14ClN3O5. The Balaban J connectivity index is 2.59. The van der Waals surface area contributed by atoms with Gasteiger partial charge in [-0.2, -0.15) is 0 Å². The number of fused-ring (bicyclic) bond motifs is 1. The molecule has 0 N–H and O–H groups in total. The van der Waals surface area contributed by atoms with Gasteiger partial charge in [-0.05, 0) is 11.1 Å². The van der Waals surface area contributed by atoms with Crippen LogP contribution in [0.3, 0.4) is 0 Å². The number of nitrogens with zero attached hydrogens (tertiary/aromatic N) is 3. The molecule has 0 saturated carbocycles. The zero-order valence-electron chi connectivity index (χ0n) is 12.3. The minimum atomic E-state index is -1.12. The van der Waals surface area contributed by atoms with Gasteiger partial charge >= 0.3 is 5.97 Å². The number of hydrogen-bond acceptors (Lipinski definition) is 6. The number of cyclic esters (lactones) is 1. The van der Waals surface area contributed by atoms with E-state index in [1.54, 1.807) is 13.8 Å². The number of carbonyl (C=O) groups is 1. The van der Waals surface area contributed by atoms with Gasteiger partial charge in [0.15, 0.2) is 6.79 Å². The second-order valence-corrected chi connectivity index (χ2v) is 5.25. The first-order valence-electron chi connectivity index (χ1n) is 6.30. The normalized spacial score (nSPS) is 15.2. The summed E-state index contributed by atoms with van der Waals surface area (Å²) in [4.78, 5) is 14.9. The Morgan fingerprint density at radius 3 is 2.82 bits per heavy atom. The van der Waals surface area contributed by atoms with Crippen molar-refractivity contribution in [3.8, 4) is 11.5 Å². The molecule has 0 radical (unpaired) electrons. The molecule has 0 aromatic heterocycles. The number of rotatable bonds is 5. The van der Waals surface area contributed by atoms with Crippen molar-refractivity contribution in [2.24, 2.45) is 5.11 Å². The molecule has 0 saturated heterocycles. The second kappa shape index (κ2) is 6.31. The van der Waals surface area contributed by atoms with Crippen molar-refractivity contribution in [3.63, 3.8) is 0 Å². The van der Waals surface area contributed by atoms with E-state index >= 15 is 0 Å². The van der Waals surface area contributed by atoms with Crippen molar-refractivity contribution in [2.45, 2.75) is 26.2 Å². The van der Waals surface area contributed by atoms with Crippen LogP contribution in [-0.4, -0.2) is 25.7 Å². The molecule has 0 atom stereocenters. The molecule has 0 unspecified atom stereocenters. The summed E-state index contributed by atoms with van der Waals surface area (Å²) < 4.78 is 21.0. The van der Waals surface area contributed by atoms with Gasteiger partial charge in [0.2, 0.25) is 5.79 Å². The third-order valence-electron chi connectivity index (χ3n) is 2.81. The quantitative estimate of drug-likeness (QED) is 0.271. The maximum Gasteiger partial charge on any atom is 0.345 e. The largest absolute Gasteiger partial charge is 0.466 e. The molecule has 1 aromatic rings. The van der Waals surface area contributed by atoms with Crippen LogP contribution in [0.4, 0.5) is 0 Å². The topological polar surface area (TPSA) is 103 Å². The van der Waals surface area contributed by atoms with Crippen molar-refractivity contribution in [1.29, 1.82) is 0 Å². The van der Waals surface area contributed by atoms with Crippen LogP contribution in [0.2, 0.25) is 5.02 Å². The van der Waals surface area contributed by atoms with E-state index in [9.17, 15) is 4.79 Å². The van der Waals surface area contributed by atoms with Gasteiger partial charge < -0.3 is 18.9 Å². The Bertz CT molecular complexity index is 656. The smallest absolute Gasteiger partial charge is 0.345 e. The molecule has 0 aliphatic carbocycles. The Labute approximate surface area is 131 Å². The van der Waals surface area contributed by atoms with E-state index in [2.05, 4.69) is 10.0 Å². The number of azide groups is 1. The van der Waals surface area contributed by atoms with Gasteiger partial charge in [0.1, 0.15) is 17.1 Å². The molecular weight excluding hydrogens is 314 g/mol. The van der Waals surface area contributed by atoms with Crippen molar-refractivity contribution in [3.05, 3.63) is 32.7 Å². The first-order valence-corrected chi connectivity index (χ1v) is 6.67. The van der Waals surface area contributed by atoms with E-state index in [1.807, 2.05) is 0 Å². The third-order valence-corrected chi connectivity index (χ3v) is 3.23. The lowest BCUT2D eigenvalue weighted by Gasteiger charge is -2.33. The lowest BCUT2D eigenvalue weighted by Crippen LogP contribution is -2.39. The minimum Gasteiger partial charge on any atom is -0.466 e. The Kier molecular flexibility index (Phi) is 4.65. The first kappa shape index (κ1) is 16.2. The van der Waals surface area contributed by atoms with E-state index in [0.29, 0.717) is 0 Å². The molecule has 0 spiro atoms. The summed E-state index contributed by atoms with van der Waals surface area (Å²) in [5.41, 5.74) is 8.91. The Morgan fingerprint density at radius 2 is 2.18 bits per heavy atom. The van der Waals surface area contributed by atoms with Crippen molar-refractivity contribution in [2.75, 3.05) is 13.9 Å². The maximum absolute atomic E-state index is 12.2. The molecule has 1 heterocycles. The summed E-state index contributed by atoms with van der Waals surface area (Å²) in [6.07, 6.45) is 0. The first-order chi connectivity index (χ1) is 10.4. The Hall–Kier alpha value is -2.15. The molecule has 1 aliphatic rings. The molecule has 0 amide bonds. The number of ether oxygens (including phenoxy) is 4. The monoisotopic (exact) mass is 327 g/mol. The number of methoxy groups -OCH3 is 1. The van der Waals surface area contributed by atoms with Crippen LogP contribution in [0.1, 0.15) is 29.8 Å². The maximum atomic E-state index is 12.2. The van der Waals surface area contributed by atoms with Crippen molar-refractivity contribution in [1.82, 2.24) is 0 Å². The van der Waals surface area contributed by atoms with Crippen LogP contribution < -0.4 is 9.47 Å². The van der Waals surface area contributed by atoms with Crippen LogP contribution in [0.15, 0.2) is 11.2 Å². The van der Waals surface area contributed by atoms with Crippen LogP contribution >= 0.6 is 11.6 Å². The van der Waals surface area contributed by atoms with Crippen LogP contribution in [0, 0.1) is 0 Å². The number of benzene rings is 1. The summed E-state index contributed by atoms with van der Waals surface area (Å²) >= 11 is 6.23. The standard InChI is InChI=1S/C13H14ClN3O5/c1-13(2)21-8-4-9(20-6-19-3)11(14)7(5-16-17-15)10(8)12(18)22-13/h4H,5-6H2,1-3H3. The fraction of sp³-hybridized carbons (Fsp3) is 0.462. The van der Waals surface area contributed by atoms with Gasteiger partial charge in [-0.25, -0.2) is 4.79 Å². The van der Waals surface area contributed by atoms with Crippen LogP contribution in [0.25, 0.3) is 10.4 Å². The van der Waals surface area contributed by atoms with Gasteiger partial charge in [0, 0.05) is 31.9 Å². The van der Waals surface area contributed by atoms with Crippen LogP contribution in [0.5, 0.6) is 11.5 Å². The summed E-state index contributed by atoms with van der Waals surface area (Å²) in [5, 5.41) is 3.59. The average Bonchev–Trinajstić information content (AvgIpc) is 2.43. The molecule has 8 nitrogen and oxygen atoms in total. The second-order valence-electron chi connectivity index (χ2n) is 4.87. The Morgan fingerprint density at radius 1 is 1.45 bits per heavy atom. The zero-order chi connectivity index (χ0) is 16.3. The highest BCUT2D eigenvalue weighted by atomic mass is 35.5. The van der Waals surface area contributed by atoms with Gasteiger partial charge in [-0.15, -0.1) is 0 Å². The lowest BCUT2D eigenvalue weighted by molar-refractivity contribution is -0.127. The van der Waals surface area contributed by atoms with Gasteiger partial charge in [0.25, 0.3) is 0 Å². The number of halogens is 1. The van der Waals surface area contributed by atoms with Gasteiger partial charge in [0.05, 0.1) is 11.6 Å². The van der Waals surface area contributed by atoms with Crippen molar-refractivity contribution < 1.29 is 23.7 Å². The fourth-order valence-corrected chi connectivity index (χ4v) is 2.27. The van der Waals surface area contributed by atoms with Crippen molar-refractivity contribution >= 4 is 17.6 Å². The zero-order valence-corrected chi connectivity index (χ0v) is 13.0. The lowest BCUT2D eigenvalue weighted by atomic mass is 10.0. The molecule has 1 aliphatic heterocycles. The van der Waals surface area contributed by atoms with Gasteiger partial charge in [-0.1, -0.05) is 16.7 Å². The number of carbonyl (C=O) groups excluding carboxylic acids is 1. The highest BCUT2D eigenvalue weighted by Gasteiger charge is 2.37. The predicted molar refractivity (Wildman–Crippen MR) is 76.9 cm³/mol. The molecule has 9 heteroatoms. The van der Waals surface area contributed by atoms with E-state index in [1.165, 1.54) is 13.2 Å². The third kappa shape index (κ3) is 3.19. The SMILES string of the molecule is COCOc1cc2c(c(CN=[N+]=[N-])c1Cl)C(=O)OC(C)(C)O2. The highest BCUT2D eigenvalue weighted by Crippen LogP contribution is 2.42. The molecule has 1 aromatic carbocycles. The molecule has 2 rings (SSSR count). The van der Waals surface area contributed by atoms with Crippen LogP contribution in [-0.2, 0) is 16.0 Å². The molecule has 22 heavy (non-hydrogen) atoms. The molecule has 118 valence electrons. The average molecular weight is 328 g/mol. The summed E-state index contributed by atoms with van der Waals surface area (Å²) in [7, 11) is 1.46. The molecule has 0 fully saturated rings. The minimum absolute atomic E-state index is 0.0344. The highest BCUT2D eigenvalue weighted by molar-refractivity contribution is 6.33. The number of hydrogen-bond donors (Lipinski definition) is 0. The fourth-order valence-electron chi connectivity index (χ4n) is 2.00. The molecule has 0 bridgehead atoms. The summed E-state index contributed by atoms with van der Waals surface area (Å²) in [6.45, 7) is 3.03. The predicted octanol–water partition coefficient (Wildman–Crippen LogP) is 3.42. The van der Waals surface area contributed by atoms with E-state index < -0.39 is 11.8 Å². The van der Waals surface area contributed by atoms with Gasteiger partial charge in [-0.3, -0.25) is 0 Å².